The van der Waals surface area contributed by atoms with Crippen LogP contribution >= 0.6 is 11.6 Å². The van der Waals surface area contributed by atoms with Crippen LogP contribution in [0.25, 0.3) is 5.69 Å². The van der Waals surface area contributed by atoms with Crippen molar-refractivity contribution in [3.8, 4) is 5.69 Å². The molecule has 1 atom stereocenters. The number of nitrogens with zero attached hydrogens (tertiary/aromatic N) is 3. The number of halogens is 1. The maximum atomic E-state index is 6.07. The van der Waals surface area contributed by atoms with Crippen LogP contribution in [-0.2, 0) is 0 Å². The molecule has 0 spiro atoms. The standard InChI is InChI=1S/C12H15ClN4/c1-3-11(14)12-7-17(16-15-12)9-5-4-8(2)10(13)6-9/h4-7,11H,3,14H2,1-2H3. The third kappa shape index (κ3) is 2.48. The van der Waals surface area contributed by atoms with Crippen molar-refractivity contribution in [3.05, 3.63) is 40.7 Å². The highest BCUT2D eigenvalue weighted by Gasteiger charge is 2.09. The number of nitrogens with two attached hydrogens (primary N) is 1. The molecule has 2 rings (SSSR count). The second-order valence-corrected chi connectivity index (χ2v) is 4.44. The quantitative estimate of drug-likeness (QED) is 0.911. The lowest BCUT2D eigenvalue weighted by Crippen LogP contribution is -2.08. The molecule has 90 valence electrons. The SMILES string of the molecule is CCC(N)c1cn(-c2ccc(C)c(Cl)c2)nn1. The first-order valence-electron chi connectivity index (χ1n) is 5.56. The number of aromatic nitrogens is 3. The van der Waals surface area contributed by atoms with Crippen LogP contribution in [0.4, 0.5) is 0 Å². The molecule has 1 heterocycles. The summed E-state index contributed by atoms with van der Waals surface area (Å²) in [6.45, 7) is 3.98. The van der Waals surface area contributed by atoms with E-state index in [0.29, 0.717) is 0 Å². The Balaban J connectivity index is 2.33. The summed E-state index contributed by atoms with van der Waals surface area (Å²) >= 11 is 6.07. The highest BCUT2D eigenvalue weighted by molar-refractivity contribution is 6.31. The Morgan fingerprint density at radius 2 is 2.24 bits per heavy atom. The Morgan fingerprint density at radius 3 is 2.88 bits per heavy atom. The fourth-order valence-corrected chi connectivity index (χ4v) is 1.68. The average Bonchev–Trinajstić information content (AvgIpc) is 2.81. The minimum Gasteiger partial charge on any atom is -0.323 e. The Bertz CT molecular complexity index is 521. The zero-order chi connectivity index (χ0) is 12.4. The molecule has 1 aromatic heterocycles. The number of hydrogen-bond donors (Lipinski definition) is 1. The van der Waals surface area contributed by atoms with Gasteiger partial charge in [0, 0.05) is 5.02 Å². The van der Waals surface area contributed by atoms with Gasteiger partial charge in [-0.2, -0.15) is 0 Å². The molecule has 0 saturated heterocycles. The van der Waals surface area contributed by atoms with Crippen molar-refractivity contribution in [1.29, 1.82) is 0 Å². The number of benzene rings is 1. The molecular weight excluding hydrogens is 236 g/mol. The lowest BCUT2D eigenvalue weighted by atomic mass is 10.2. The predicted molar refractivity (Wildman–Crippen MR) is 68.3 cm³/mol. The maximum absolute atomic E-state index is 6.07. The highest BCUT2D eigenvalue weighted by Crippen LogP contribution is 2.19. The van der Waals surface area contributed by atoms with Gasteiger partial charge < -0.3 is 5.73 Å². The van der Waals surface area contributed by atoms with Gasteiger partial charge in [-0.1, -0.05) is 29.8 Å². The van der Waals surface area contributed by atoms with Gasteiger partial charge in [0.15, 0.2) is 0 Å². The van der Waals surface area contributed by atoms with Gasteiger partial charge in [-0.15, -0.1) is 5.10 Å². The number of rotatable bonds is 3. The molecule has 1 aromatic carbocycles. The fraction of sp³-hybridized carbons (Fsp3) is 0.333. The summed E-state index contributed by atoms with van der Waals surface area (Å²) in [6, 6.07) is 5.72. The van der Waals surface area contributed by atoms with E-state index in [0.717, 1.165) is 28.4 Å². The summed E-state index contributed by atoms with van der Waals surface area (Å²) in [6.07, 6.45) is 2.68. The summed E-state index contributed by atoms with van der Waals surface area (Å²) in [5.41, 5.74) is 8.63. The van der Waals surface area contributed by atoms with Gasteiger partial charge in [-0.3, -0.25) is 0 Å². The molecule has 0 radical (unpaired) electrons. The molecule has 17 heavy (non-hydrogen) atoms. The first kappa shape index (κ1) is 12.1. The minimum absolute atomic E-state index is 0.0651. The lowest BCUT2D eigenvalue weighted by Gasteiger charge is -2.03. The summed E-state index contributed by atoms with van der Waals surface area (Å²) < 4.78 is 1.69. The van der Waals surface area contributed by atoms with E-state index in [4.69, 9.17) is 17.3 Å². The first-order valence-corrected chi connectivity index (χ1v) is 5.94. The van der Waals surface area contributed by atoms with Gasteiger partial charge in [0.05, 0.1) is 23.6 Å². The van der Waals surface area contributed by atoms with E-state index in [2.05, 4.69) is 10.3 Å². The Morgan fingerprint density at radius 1 is 1.47 bits per heavy atom. The molecule has 5 heteroatoms. The predicted octanol–water partition coefficient (Wildman–Crippen LogP) is 2.64. The summed E-state index contributed by atoms with van der Waals surface area (Å²) in [5.74, 6) is 0. The molecule has 4 nitrogen and oxygen atoms in total. The molecule has 0 amide bonds. The third-order valence-corrected chi connectivity index (χ3v) is 3.16. The average molecular weight is 251 g/mol. The molecule has 0 fully saturated rings. The topological polar surface area (TPSA) is 56.7 Å². The van der Waals surface area contributed by atoms with Gasteiger partial charge >= 0.3 is 0 Å². The molecule has 2 aromatic rings. The summed E-state index contributed by atoms with van der Waals surface area (Å²) in [7, 11) is 0. The summed E-state index contributed by atoms with van der Waals surface area (Å²) in [4.78, 5) is 0. The molecule has 2 N–H and O–H groups in total. The van der Waals surface area contributed by atoms with Crippen molar-refractivity contribution in [2.45, 2.75) is 26.3 Å². The summed E-state index contributed by atoms with van der Waals surface area (Å²) in [5, 5.41) is 8.84. The van der Waals surface area contributed by atoms with Crippen LogP contribution in [0.15, 0.2) is 24.4 Å². The van der Waals surface area contributed by atoms with Crippen LogP contribution < -0.4 is 5.73 Å². The van der Waals surface area contributed by atoms with E-state index < -0.39 is 0 Å². The van der Waals surface area contributed by atoms with Crippen molar-refractivity contribution >= 4 is 11.6 Å². The third-order valence-electron chi connectivity index (χ3n) is 2.75. The van der Waals surface area contributed by atoms with Gasteiger partial charge in [-0.05, 0) is 31.0 Å². The minimum atomic E-state index is -0.0651. The molecule has 0 aliphatic rings. The van der Waals surface area contributed by atoms with Gasteiger partial charge in [-0.25, -0.2) is 4.68 Å². The van der Waals surface area contributed by atoms with Crippen molar-refractivity contribution in [1.82, 2.24) is 15.0 Å². The van der Waals surface area contributed by atoms with E-state index in [9.17, 15) is 0 Å². The molecular formula is C12H15ClN4. The monoisotopic (exact) mass is 250 g/mol. The second kappa shape index (κ2) is 4.85. The largest absolute Gasteiger partial charge is 0.323 e. The van der Waals surface area contributed by atoms with Crippen molar-refractivity contribution < 1.29 is 0 Å². The number of aryl methyl sites for hydroxylation is 1. The molecule has 0 saturated carbocycles. The van der Waals surface area contributed by atoms with E-state index in [-0.39, 0.29) is 6.04 Å². The van der Waals surface area contributed by atoms with Crippen LogP contribution in [-0.4, -0.2) is 15.0 Å². The maximum Gasteiger partial charge on any atom is 0.0998 e. The zero-order valence-electron chi connectivity index (χ0n) is 9.89. The molecule has 1 unspecified atom stereocenters. The number of hydrogen-bond acceptors (Lipinski definition) is 3. The lowest BCUT2D eigenvalue weighted by molar-refractivity contribution is 0.670. The Kier molecular flexibility index (Phi) is 3.45. The van der Waals surface area contributed by atoms with Gasteiger partial charge in [0.25, 0.3) is 0 Å². The Labute approximate surface area is 105 Å². The second-order valence-electron chi connectivity index (χ2n) is 4.04. The zero-order valence-corrected chi connectivity index (χ0v) is 10.6. The van der Waals surface area contributed by atoms with Crippen LogP contribution in [0.5, 0.6) is 0 Å². The van der Waals surface area contributed by atoms with Crippen molar-refractivity contribution in [3.63, 3.8) is 0 Å². The van der Waals surface area contributed by atoms with Crippen LogP contribution in [0, 0.1) is 6.92 Å². The molecule has 0 bridgehead atoms. The van der Waals surface area contributed by atoms with E-state index in [1.807, 2.05) is 38.2 Å². The van der Waals surface area contributed by atoms with E-state index in [1.165, 1.54) is 0 Å². The van der Waals surface area contributed by atoms with Crippen molar-refractivity contribution in [2.24, 2.45) is 5.73 Å². The van der Waals surface area contributed by atoms with Crippen LogP contribution in [0.1, 0.15) is 30.6 Å². The molecule has 0 aliphatic carbocycles. The van der Waals surface area contributed by atoms with Gasteiger partial charge in [0.2, 0.25) is 0 Å². The van der Waals surface area contributed by atoms with Crippen LogP contribution in [0.3, 0.4) is 0 Å². The van der Waals surface area contributed by atoms with Gasteiger partial charge in [0.1, 0.15) is 0 Å². The smallest absolute Gasteiger partial charge is 0.0998 e. The van der Waals surface area contributed by atoms with Crippen LogP contribution in [0.2, 0.25) is 5.02 Å². The van der Waals surface area contributed by atoms with Crippen molar-refractivity contribution in [2.75, 3.05) is 0 Å². The molecule has 0 aliphatic heterocycles. The first-order chi connectivity index (χ1) is 8.11. The highest BCUT2D eigenvalue weighted by atomic mass is 35.5. The van der Waals surface area contributed by atoms with E-state index >= 15 is 0 Å². The van der Waals surface area contributed by atoms with E-state index in [1.54, 1.807) is 4.68 Å². The fourth-order valence-electron chi connectivity index (χ4n) is 1.51. The Hall–Kier alpha value is -1.39. The normalized spacial score (nSPS) is 12.7.